The standard InChI is InChI=1S/C13H21N5S.2ClH/c14-12(16-7-6-11-5-4-10-19-11)17-13(15)18-8-2-1-3-9-18;;/h4-5,10H,1-3,6-9H2,(H4,14,15,16,17);2*1H. The Bertz CT molecular complexity index is 441. The first kappa shape index (κ1) is 20.0. The van der Waals surface area contributed by atoms with Crippen LogP contribution in [0.5, 0.6) is 0 Å². The van der Waals surface area contributed by atoms with E-state index >= 15 is 0 Å². The average Bonchev–Trinajstić information content (AvgIpc) is 2.93. The molecule has 2 heterocycles. The largest absolute Gasteiger partial charge is 0.369 e. The molecule has 0 atom stereocenters. The minimum atomic E-state index is 0. The summed E-state index contributed by atoms with van der Waals surface area (Å²) in [4.78, 5) is 11.8. The number of thiophene rings is 1. The van der Waals surface area contributed by atoms with Crippen LogP contribution in [0.1, 0.15) is 24.1 Å². The van der Waals surface area contributed by atoms with E-state index in [1.165, 1.54) is 24.1 Å². The molecule has 120 valence electrons. The lowest BCUT2D eigenvalue weighted by atomic mass is 10.1. The zero-order chi connectivity index (χ0) is 13.5. The molecule has 1 fully saturated rings. The van der Waals surface area contributed by atoms with Gasteiger partial charge in [0, 0.05) is 30.9 Å². The van der Waals surface area contributed by atoms with Crippen molar-refractivity contribution in [3.63, 3.8) is 0 Å². The molecule has 1 aliphatic heterocycles. The first-order valence-corrected chi connectivity index (χ1v) is 7.55. The van der Waals surface area contributed by atoms with Gasteiger partial charge in [0.2, 0.25) is 5.96 Å². The van der Waals surface area contributed by atoms with Gasteiger partial charge in [0.25, 0.3) is 0 Å². The van der Waals surface area contributed by atoms with Crippen molar-refractivity contribution in [2.24, 2.45) is 21.5 Å². The maximum atomic E-state index is 5.93. The van der Waals surface area contributed by atoms with Gasteiger partial charge in [0.1, 0.15) is 0 Å². The summed E-state index contributed by atoms with van der Waals surface area (Å²) >= 11 is 1.73. The van der Waals surface area contributed by atoms with Gasteiger partial charge in [-0.2, -0.15) is 4.99 Å². The first-order chi connectivity index (χ1) is 9.25. The Balaban J connectivity index is 0.00000200. The molecule has 0 unspecified atom stereocenters. The second kappa shape index (κ2) is 10.7. The number of hydrogen-bond acceptors (Lipinski definition) is 2. The fourth-order valence-electron chi connectivity index (χ4n) is 2.08. The summed E-state index contributed by atoms with van der Waals surface area (Å²) in [5, 5.41) is 2.06. The maximum Gasteiger partial charge on any atom is 0.218 e. The Labute approximate surface area is 142 Å². The minimum Gasteiger partial charge on any atom is -0.369 e. The molecule has 2 rings (SSSR count). The summed E-state index contributed by atoms with van der Waals surface area (Å²) in [6.45, 7) is 2.60. The molecule has 0 amide bonds. The lowest BCUT2D eigenvalue weighted by Crippen LogP contribution is -2.41. The summed E-state index contributed by atoms with van der Waals surface area (Å²) in [5.74, 6) is 0.775. The van der Waals surface area contributed by atoms with E-state index in [2.05, 4.69) is 26.3 Å². The molecule has 4 N–H and O–H groups in total. The summed E-state index contributed by atoms with van der Waals surface area (Å²) in [6.07, 6.45) is 4.52. The van der Waals surface area contributed by atoms with Crippen LogP contribution in [0.15, 0.2) is 27.5 Å². The van der Waals surface area contributed by atoms with E-state index in [1.807, 2.05) is 6.07 Å². The molecule has 0 aliphatic carbocycles. The van der Waals surface area contributed by atoms with Crippen molar-refractivity contribution >= 4 is 48.1 Å². The van der Waals surface area contributed by atoms with Crippen LogP contribution < -0.4 is 11.5 Å². The Morgan fingerprint density at radius 3 is 2.52 bits per heavy atom. The van der Waals surface area contributed by atoms with E-state index in [0.29, 0.717) is 12.5 Å². The lowest BCUT2D eigenvalue weighted by Gasteiger charge is -2.27. The monoisotopic (exact) mass is 351 g/mol. The third-order valence-electron chi connectivity index (χ3n) is 3.12. The zero-order valence-corrected chi connectivity index (χ0v) is 14.4. The molecular weight excluding hydrogens is 329 g/mol. The van der Waals surface area contributed by atoms with Crippen molar-refractivity contribution in [2.45, 2.75) is 25.7 Å². The van der Waals surface area contributed by atoms with Gasteiger partial charge in [-0.3, -0.25) is 4.99 Å². The predicted molar refractivity (Wildman–Crippen MR) is 96.1 cm³/mol. The molecule has 0 saturated carbocycles. The highest BCUT2D eigenvalue weighted by atomic mass is 35.5. The van der Waals surface area contributed by atoms with E-state index < -0.39 is 0 Å². The fourth-order valence-corrected chi connectivity index (χ4v) is 2.78. The average molecular weight is 352 g/mol. The number of piperidine rings is 1. The number of rotatable bonds is 3. The van der Waals surface area contributed by atoms with Crippen molar-refractivity contribution in [1.29, 1.82) is 0 Å². The van der Waals surface area contributed by atoms with Gasteiger partial charge in [0.05, 0.1) is 0 Å². The zero-order valence-electron chi connectivity index (χ0n) is 11.9. The van der Waals surface area contributed by atoms with Gasteiger partial charge in [-0.05, 0) is 30.7 Å². The van der Waals surface area contributed by atoms with Crippen LogP contribution >= 0.6 is 36.2 Å². The summed E-state index contributed by atoms with van der Waals surface area (Å²) in [5.41, 5.74) is 11.7. The van der Waals surface area contributed by atoms with Crippen LogP contribution in [0.2, 0.25) is 0 Å². The minimum absolute atomic E-state index is 0. The summed E-state index contributed by atoms with van der Waals surface area (Å²) < 4.78 is 0. The highest BCUT2D eigenvalue weighted by Crippen LogP contribution is 2.09. The Morgan fingerprint density at radius 2 is 1.90 bits per heavy atom. The fraction of sp³-hybridized carbons (Fsp3) is 0.538. The SMILES string of the molecule is Cl.Cl.NC(=NCCc1cccs1)/N=C(\N)N1CCCCC1. The van der Waals surface area contributed by atoms with E-state index in [9.17, 15) is 0 Å². The van der Waals surface area contributed by atoms with Crippen LogP contribution in [-0.2, 0) is 6.42 Å². The predicted octanol–water partition coefficient (Wildman–Crippen LogP) is 2.25. The van der Waals surface area contributed by atoms with Crippen molar-refractivity contribution in [3.8, 4) is 0 Å². The normalized spacial score (nSPS) is 16.1. The third-order valence-corrected chi connectivity index (χ3v) is 4.06. The Kier molecular flexibility index (Phi) is 10.2. The van der Waals surface area contributed by atoms with Crippen LogP contribution in [0.25, 0.3) is 0 Å². The van der Waals surface area contributed by atoms with E-state index in [0.717, 1.165) is 19.5 Å². The molecule has 0 spiro atoms. The number of halogens is 2. The lowest BCUT2D eigenvalue weighted by molar-refractivity contribution is 0.339. The van der Waals surface area contributed by atoms with Crippen molar-refractivity contribution in [3.05, 3.63) is 22.4 Å². The van der Waals surface area contributed by atoms with E-state index in [1.54, 1.807) is 11.3 Å². The number of hydrogen-bond donors (Lipinski definition) is 2. The number of nitrogens with zero attached hydrogens (tertiary/aromatic N) is 3. The summed E-state index contributed by atoms with van der Waals surface area (Å²) in [6, 6.07) is 4.14. The second-order valence-corrected chi connectivity index (χ2v) is 5.62. The Hall–Kier alpha value is -0.980. The van der Waals surface area contributed by atoms with Gasteiger partial charge in [0.15, 0.2) is 5.96 Å². The highest BCUT2D eigenvalue weighted by Gasteiger charge is 2.11. The van der Waals surface area contributed by atoms with E-state index in [-0.39, 0.29) is 30.8 Å². The molecule has 1 aromatic rings. The van der Waals surface area contributed by atoms with Gasteiger partial charge in [-0.25, -0.2) is 0 Å². The van der Waals surface area contributed by atoms with Crippen molar-refractivity contribution in [2.75, 3.05) is 19.6 Å². The molecular formula is C13H23Cl2N5S. The molecule has 1 aliphatic rings. The van der Waals surface area contributed by atoms with Gasteiger partial charge in [-0.15, -0.1) is 36.2 Å². The van der Waals surface area contributed by atoms with E-state index in [4.69, 9.17) is 11.5 Å². The first-order valence-electron chi connectivity index (χ1n) is 6.67. The molecule has 1 saturated heterocycles. The molecule has 1 aromatic heterocycles. The molecule has 21 heavy (non-hydrogen) atoms. The topological polar surface area (TPSA) is 80.0 Å². The molecule has 8 heteroatoms. The molecule has 0 aromatic carbocycles. The van der Waals surface area contributed by atoms with Crippen LogP contribution in [0.4, 0.5) is 0 Å². The Morgan fingerprint density at radius 1 is 1.19 bits per heavy atom. The molecule has 0 radical (unpaired) electrons. The van der Waals surface area contributed by atoms with Gasteiger partial charge in [-0.1, -0.05) is 6.07 Å². The second-order valence-electron chi connectivity index (χ2n) is 4.59. The molecule has 5 nitrogen and oxygen atoms in total. The van der Waals surface area contributed by atoms with Crippen molar-refractivity contribution < 1.29 is 0 Å². The summed E-state index contributed by atoms with van der Waals surface area (Å²) in [7, 11) is 0. The van der Waals surface area contributed by atoms with Crippen molar-refractivity contribution in [1.82, 2.24) is 4.90 Å². The molecule has 0 bridgehead atoms. The van der Waals surface area contributed by atoms with Crippen LogP contribution in [-0.4, -0.2) is 36.5 Å². The highest BCUT2D eigenvalue weighted by molar-refractivity contribution is 7.09. The van der Waals surface area contributed by atoms with Gasteiger partial charge >= 0.3 is 0 Å². The maximum absolute atomic E-state index is 5.93. The number of aliphatic imine (C=N–C) groups is 2. The van der Waals surface area contributed by atoms with Crippen LogP contribution in [0.3, 0.4) is 0 Å². The van der Waals surface area contributed by atoms with Crippen LogP contribution in [0, 0.1) is 0 Å². The quantitative estimate of drug-likeness (QED) is 0.647. The number of nitrogens with two attached hydrogens (primary N) is 2. The smallest absolute Gasteiger partial charge is 0.218 e. The number of guanidine groups is 2. The third kappa shape index (κ3) is 7.02. The van der Waals surface area contributed by atoms with Gasteiger partial charge < -0.3 is 16.4 Å². The number of likely N-dealkylation sites (tertiary alicyclic amines) is 1.